The second kappa shape index (κ2) is 8.68. The first-order valence-corrected chi connectivity index (χ1v) is 5.88. The van der Waals surface area contributed by atoms with E-state index in [0.29, 0.717) is 19.8 Å². The van der Waals surface area contributed by atoms with Gasteiger partial charge in [-0.1, -0.05) is 0 Å². The molecule has 6 heteroatoms. The third-order valence-corrected chi connectivity index (χ3v) is 2.38. The predicted octanol–water partition coefficient (Wildman–Crippen LogP) is 0.276. The molecule has 0 aliphatic carbocycles. The molecule has 1 atom stereocenters. The third kappa shape index (κ3) is 5.31. The number of hydrogen-bond donors (Lipinski definition) is 2. The molecule has 1 aromatic heterocycles. The number of nitrogens with two attached hydrogens (primary N) is 1. The highest BCUT2D eigenvalue weighted by Gasteiger charge is 2.14. The number of carbonyl (C=O) groups excluding carboxylic acids is 1. The van der Waals surface area contributed by atoms with Crippen molar-refractivity contribution in [3.63, 3.8) is 0 Å². The van der Waals surface area contributed by atoms with Crippen molar-refractivity contribution < 1.29 is 18.7 Å². The first-order chi connectivity index (χ1) is 8.77. The first-order valence-electron chi connectivity index (χ1n) is 5.88. The maximum absolute atomic E-state index is 11.5. The molecule has 0 saturated carbocycles. The van der Waals surface area contributed by atoms with E-state index in [0.717, 1.165) is 12.2 Å². The van der Waals surface area contributed by atoms with Crippen LogP contribution in [0.15, 0.2) is 22.8 Å². The van der Waals surface area contributed by atoms with Crippen LogP contribution in [0.1, 0.15) is 12.2 Å². The fraction of sp³-hybridized carbons (Fsp3) is 0.583. The minimum Gasteiger partial charge on any atom is -0.467 e. The number of carbonyl (C=O) groups is 1. The Bertz CT molecular complexity index is 323. The lowest BCUT2D eigenvalue weighted by Gasteiger charge is -2.12. The molecule has 1 heterocycles. The van der Waals surface area contributed by atoms with Gasteiger partial charge in [0.25, 0.3) is 0 Å². The predicted molar refractivity (Wildman–Crippen MR) is 65.8 cm³/mol. The van der Waals surface area contributed by atoms with E-state index >= 15 is 0 Å². The Labute approximate surface area is 106 Å². The van der Waals surface area contributed by atoms with Crippen molar-refractivity contribution in [2.24, 2.45) is 5.73 Å². The summed E-state index contributed by atoms with van der Waals surface area (Å²) in [6, 6.07) is 3.67. The van der Waals surface area contributed by atoms with E-state index < -0.39 is 6.10 Å². The van der Waals surface area contributed by atoms with Crippen molar-refractivity contribution in [2.45, 2.75) is 19.1 Å². The summed E-state index contributed by atoms with van der Waals surface area (Å²) in [6.07, 6.45) is 1.76. The molecule has 6 nitrogen and oxygen atoms in total. The number of hydrogen-bond acceptors (Lipinski definition) is 5. The maximum Gasteiger partial charge on any atom is 0.250 e. The summed E-state index contributed by atoms with van der Waals surface area (Å²) in [6.45, 7) is 1.72. The van der Waals surface area contributed by atoms with Crippen LogP contribution in [-0.4, -0.2) is 38.8 Å². The van der Waals surface area contributed by atoms with E-state index in [9.17, 15) is 4.79 Å². The number of rotatable bonds is 9. The summed E-state index contributed by atoms with van der Waals surface area (Å²) < 4.78 is 15.4. The van der Waals surface area contributed by atoms with Gasteiger partial charge < -0.3 is 24.9 Å². The lowest BCUT2D eigenvalue weighted by atomic mass is 10.3. The molecule has 0 fully saturated rings. The molecule has 1 aromatic rings. The Morgan fingerprint density at radius 1 is 1.61 bits per heavy atom. The summed E-state index contributed by atoms with van der Waals surface area (Å²) in [5.74, 6) is 0.604. The number of methoxy groups -OCH3 is 1. The summed E-state index contributed by atoms with van der Waals surface area (Å²) in [7, 11) is 1.46. The average molecular weight is 256 g/mol. The highest BCUT2D eigenvalue weighted by Crippen LogP contribution is 2.01. The highest BCUT2D eigenvalue weighted by atomic mass is 16.5. The van der Waals surface area contributed by atoms with E-state index in [1.807, 2.05) is 12.1 Å². The lowest BCUT2D eigenvalue weighted by Crippen LogP contribution is -2.41. The summed E-state index contributed by atoms with van der Waals surface area (Å²) in [5, 5.41) is 2.73. The van der Waals surface area contributed by atoms with E-state index in [4.69, 9.17) is 19.6 Å². The van der Waals surface area contributed by atoms with Gasteiger partial charge in [-0.2, -0.15) is 0 Å². The number of nitrogens with one attached hydrogen (secondary N) is 1. The third-order valence-electron chi connectivity index (χ3n) is 2.38. The summed E-state index contributed by atoms with van der Waals surface area (Å²) in [5.41, 5.74) is 5.37. The van der Waals surface area contributed by atoms with Crippen molar-refractivity contribution in [1.82, 2.24) is 5.32 Å². The van der Waals surface area contributed by atoms with Crippen LogP contribution in [-0.2, 0) is 20.9 Å². The minimum atomic E-state index is -0.575. The van der Waals surface area contributed by atoms with Crippen LogP contribution >= 0.6 is 0 Å². The van der Waals surface area contributed by atoms with Crippen LogP contribution in [0.25, 0.3) is 0 Å². The molecule has 0 bridgehead atoms. The number of ether oxygens (including phenoxy) is 2. The second-order valence-electron chi connectivity index (χ2n) is 3.74. The molecule has 0 aromatic carbocycles. The van der Waals surface area contributed by atoms with Gasteiger partial charge in [-0.3, -0.25) is 4.79 Å². The van der Waals surface area contributed by atoms with Crippen LogP contribution < -0.4 is 11.1 Å². The van der Waals surface area contributed by atoms with Crippen LogP contribution in [0.4, 0.5) is 0 Å². The smallest absolute Gasteiger partial charge is 0.250 e. The average Bonchev–Trinajstić information content (AvgIpc) is 2.88. The van der Waals surface area contributed by atoms with Crippen LogP contribution in [0, 0.1) is 0 Å². The van der Waals surface area contributed by atoms with Gasteiger partial charge in [0, 0.05) is 26.8 Å². The van der Waals surface area contributed by atoms with Gasteiger partial charge in [-0.05, 0) is 18.6 Å². The second-order valence-corrected chi connectivity index (χ2v) is 3.74. The topological polar surface area (TPSA) is 86.7 Å². The SMILES string of the molecule is COC(CN)C(=O)NCCCOCc1ccco1. The Balaban J connectivity index is 2.00. The van der Waals surface area contributed by atoms with E-state index in [-0.39, 0.29) is 12.5 Å². The van der Waals surface area contributed by atoms with Gasteiger partial charge >= 0.3 is 0 Å². The van der Waals surface area contributed by atoms with Gasteiger partial charge in [0.15, 0.2) is 0 Å². The van der Waals surface area contributed by atoms with Gasteiger partial charge in [0.2, 0.25) is 5.91 Å². The highest BCUT2D eigenvalue weighted by molar-refractivity contribution is 5.80. The van der Waals surface area contributed by atoms with E-state index in [1.54, 1.807) is 6.26 Å². The molecule has 0 radical (unpaired) electrons. The van der Waals surface area contributed by atoms with E-state index in [1.165, 1.54) is 7.11 Å². The Hall–Kier alpha value is -1.37. The number of amides is 1. The molecular formula is C12H20N2O4. The molecule has 1 unspecified atom stereocenters. The Kier molecular flexibility index (Phi) is 7.09. The first kappa shape index (κ1) is 14.7. The van der Waals surface area contributed by atoms with Crippen molar-refractivity contribution in [3.8, 4) is 0 Å². The molecule has 1 rings (SSSR count). The minimum absolute atomic E-state index is 0.178. The molecule has 18 heavy (non-hydrogen) atoms. The molecule has 0 aliphatic heterocycles. The van der Waals surface area contributed by atoms with Crippen molar-refractivity contribution >= 4 is 5.91 Å². The van der Waals surface area contributed by atoms with E-state index in [2.05, 4.69) is 5.32 Å². The zero-order chi connectivity index (χ0) is 13.2. The normalized spacial score (nSPS) is 12.3. The van der Waals surface area contributed by atoms with Gasteiger partial charge in [0.1, 0.15) is 18.5 Å². The Morgan fingerprint density at radius 2 is 2.44 bits per heavy atom. The van der Waals surface area contributed by atoms with Crippen molar-refractivity contribution in [3.05, 3.63) is 24.2 Å². The molecule has 102 valence electrons. The standard InChI is InChI=1S/C12H20N2O4/c1-16-11(8-13)12(15)14-5-3-6-17-9-10-4-2-7-18-10/h2,4,7,11H,3,5-6,8-9,13H2,1H3,(H,14,15). The molecule has 3 N–H and O–H groups in total. The van der Waals surface area contributed by atoms with Crippen LogP contribution in [0.2, 0.25) is 0 Å². The largest absolute Gasteiger partial charge is 0.467 e. The van der Waals surface area contributed by atoms with Crippen molar-refractivity contribution in [2.75, 3.05) is 26.8 Å². The zero-order valence-electron chi connectivity index (χ0n) is 10.6. The lowest BCUT2D eigenvalue weighted by molar-refractivity contribution is -0.130. The summed E-state index contributed by atoms with van der Waals surface area (Å²) in [4.78, 5) is 11.5. The zero-order valence-corrected chi connectivity index (χ0v) is 10.6. The molecule has 0 aliphatic rings. The molecule has 0 saturated heterocycles. The van der Waals surface area contributed by atoms with Gasteiger partial charge in [0.05, 0.1) is 6.26 Å². The molecule has 1 amide bonds. The molecular weight excluding hydrogens is 236 g/mol. The quantitative estimate of drug-likeness (QED) is 0.620. The maximum atomic E-state index is 11.5. The fourth-order valence-electron chi connectivity index (χ4n) is 1.38. The van der Waals surface area contributed by atoms with Crippen LogP contribution in [0.5, 0.6) is 0 Å². The van der Waals surface area contributed by atoms with Gasteiger partial charge in [-0.25, -0.2) is 0 Å². The summed E-state index contributed by atoms with van der Waals surface area (Å²) >= 11 is 0. The monoisotopic (exact) mass is 256 g/mol. The Morgan fingerprint density at radius 3 is 3.06 bits per heavy atom. The van der Waals surface area contributed by atoms with Crippen molar-refractivity contribution in [1.29, 1.82) is 0 Å². The van der Waals surface area contributed by atoms with Crippen LogP contribution in [0.3, 0.4) is 0 Å². The molecule has 0 spiro atoms. The fourth-order valence-corrected chi connectivity index (χ4v) is 1.38. The number of furan rings is 1. The van der Waals surface area contributed by atoms with Gasteiger partial charge in [-0.15, -0.1) is 0 Å².